The van der Waals surface area contributed by atoms with Gasteiger partial charge in [-0.25, -0.2) is 8.42 Å². The summed E-state index contributed by atoms with van der Waals surface area (Å²) in [5.41, 5.74) is 0.871. The summed E-state index contributed by atoms with van der Waals surface area (Å²) >= 11 is 5.77. The number of carbonyl (C=O) groups excluding carboxylic acids is 1. The average molecular weight is 381 g/mol. The molecule has 0 unspecified atom stereocenters. The highest BCUT2D eigenvalue weighted by atomic mass is 35.5. The van der Waals surface area contributed by atoms with Gasteiger partial charge < -0.3 is 5.32 Å². The first-order valence-electron chi connectivity index (χ1n) is 8.05. The molecule has 5 nitrogen and oxygen atoms in total. The van der Waals surface area contributed by atoms with Crippen molar-refractivity contribution in [3.8, 4) is 0 Å². The molecule has 134 valence electrons. The molecule has 25 heavy (non-hydrogen) atoms. The highest BCUT2D eigenvalue weighted by Gasteiger charge is 2.15. The van der Waals surface area contributed by atoms with Crippen LogP contribution in [0.25, 0.3) is 0 Å². The zero-order valence-corrected chi connectivity index (χ0v) is 15.7. The molecule has 2 N–H and O–H groups in total. The number of hydrogen-bond acceptors (Lipinski definition) is 3. The van der Waals surface area contributed by atoms with Crippen LogP contribution >= 0.6 is 11.6 Å². The minimum absolute atomic E-state index is 0.118. The van der Waals surface area contributed by atoms with Crippen LogP contribution in [0.5, 0.6) is 0 Å². The minimum Gasteiger partial charge on any atom is -0.349 e. The van der Waals surface area contributed by atoms with Crippen molar-refractivity contribution in [3.05, 3.63) is 59.1 Å². The lowest BCUT2D eigenvalue weighted by Crippen LogP contribution is -2.33. The van der Waals surface area contributed by atoms with Crippen molar-refractivity contribution in [2.45, 2.75) is 37.6 Å². The number of sulfonamides is 1. The van der Waals surface area contributed by atoms with E-state index < -0.39 is 10.0 Å². The van der Waals surface area contributed by atoms with Gasteiger partial charge in [-0.05, 0) is 61.4 Å². The van der Waals surface area contributed by atoms with Gasteiger partial charge in [-0.1, -0.05) is 25.4 Å². The van der Waals surface area contributed by atoms with Crippen molar-refractivity contribution >= 4 is 33.2 Å². The van der Waals surface area contributed by atoms with Crippen LogP contribution in [0.1, 0.15) is 37.0 Å². The molecule has 0 aliphatic rings. The van der Waals surface area contributed by atoms with E-state index in [0.717, 1.165) is 12.8 Å². The summed E-state index contributed by atoms with van der Waals surface area (Å²) in [4.78, 5) is 12.3. The van der Waals surface area contributed by atoms with Gasteiger partial charge in [0, 0.05) is 22.3 Å². The van der Waals surface area contributed by atoms with E-state index in [4.69, 9.17) is 11.6 Å². The largest absolute Gasteiger partial charge is 0.349 e. The zero-order chi connectivity index (χ0) is 18.4. The van der Waals surface area contributed by atoms with Gasteiger partial charge >= 0.3 is 0 Å². The summed E-state index contributed by atoms with van der Waals surface area (Å²) in [6, 6.07) is 12.3. The molecule has 7 heteroatoms. The van der Waals surface area contributed by atoms with Gasteiger partial charge in [-0.15, -0.1) is 0 Å². The first-order chi connectivity index (χ1) is 11.9. The van der Waals surface area contributed by atoms with E-state index in [0.29, 0.717) is 16.3 Å². The van der Waals surface area contributed by atoms with Crippen molar-refractivity contribution < 1.29 is 13.2 Å². The molecular weight excluding hydrogens is 360 g/mol. The minimum atomic E-state index is -3.70. The summed E-state index contributed by atoms with van der Waals surface area (Å²) in [6.07, 6.45) is 1.72. The number of benzene rings is 2. The maximum absolute atomic E-state index is 12.3. The Morgan fingerprint density at radius 2 is 1.56 bits per heavy atom. The van der Waals surface area contributed by atoms with Gasteiger partial charge in [0.05, 0.1) is 4.90 Å². The molecule has 0 bridgehead atoms. The number of amides is 1. The second-order valence-corrected chi connectivity index (χ2v) is 7.74. The Morgan fingerprint density at radius 1 is 1.00 bits per heavy atom. The van der Waals surface area contributed by atoms with Crippen molar-refractivity contribution in [1.29, 1.82) is 0 Å². The molecule has 0 spiro atoms. The number of rotatable bonds is 7. The fraction of sp³-hybridized carbons (Fsp3) is 0.278. The van der Waals surface area contributed by atoms with E-state index in [1.807, 2.05) is 13.8 Å². The Balaban J connectivity index is 2.09. The number of anilines is 1. The number of hydrogen-bond donors (Lipinski definition) is 2. The molecule has 0 saturated carbocycles. The van der Waals surface area contributed by atoms with E-state index in [1.165, 1.54) is 24.3 Å². The van der Waals surface area contributed by atoms with Crippen molar-refractivity contribution in [1.82, 2.24) is 5.32 Å². The fourth-order valence-corrected chi connectivity index (χ4v) is 3.46. The van der Waals surface area contributed by atoms with Gasteiger partial charge in [-0.3, -0.25) is 9.52 Å². The monoisotopic (exact) mass is 380 g/mol. The van der Waals surface area contributed by atoms with Crippen molar-refractivity contribution in [2.75, 3.05) is 4.72 Å². The zero-order valence-electron chi connectivity index (χ0n) is 14.1. The first kappa shape index (κ1) is 19.3. The van der Waals surface area contributed by atoms with Gasteiger partial charge in [0.1, 0.15) is 0 Å². The topological polar surface area (TPSA) is 75.3 Å². The van der Waals surface area contributed by atoms with Crippen LogP contribution in [0, 0.1) is 0 Å². The SMILES string of the molecule is CCC(CC)NC(=O)c1ccc(NS(=O)(=O)c2ccc(Cl)cc2)cc1. The normalized spacial score (nSPS) is 11.4. The lowest BCUT2D eigenvalue weighted by Gasteiger charge is -2.15. The second kappa shape index (κ2) is 8.36. The maximum atomic E-state index is 12.3. The Kier molecular flexibility index (Phi) is 6.45. The molecule has 0 aromatic heterocycles. The highest BCUT2D eigenvalue weighted by molar-refractivity contribution is 7.92. The molecule has 0 radical (unpaired) electrons. The Bertz CT molecular complexity index is 814. The Morgan fingerprint density at radius 3 is 2.08 bits per heavy atom. The summed E-state index contributed by atoms with van der Waals surface area (Å²) in [5, 5.41) is 3.41. The maximum Gasteiger partial charge on any atom is 0.261 e. The van der Waals surface area contributed by atoms with Crippen LogP contribution in [0.15, 0.2) is 53.4 Å². The quantitative estimate of drug-likeness (QED) is 0.760. The standard InChI is InChI=1S/C18H21ClN2O3S/c1-3-15(4-2)20-18(22)13-5-9-16(10-6-13)21-25(23,24)17-11-7-14(19)8-12-17/h5-12,15,21H,3-4H2,1-2H3,(H,20,22). The van der Waals surface area contributed by atoms with Gasteiger partial charge in [0.2, 0.25) is 0 Å². The van der Waals surface area contributed by atoms with Gasteiger partial charge in [0.25, 0.3) is 15.9 Å². The average Bonchev–Trinajstić information content (AvgIpc) is 2.60. The molecule has 0 aliphatic carbocycles. The molecule has 0 saturated heterocycles. The van der Waals surface area contributed by atoms with Crippen LogP contribution < -0.4 is 10.0 Å². The lowest BCUT2D eigenvalue weighted by molar-refractivity contribution is 0.0935. The number of carbonyl (C=O) groups is 1. The predicted molar refractivity (Wildman–Crippen MR) is 101 cm³/mol. The third-order valence-electron chi connectivity index (χ3n) is 3.84. The van der Waals surface area contributed by atoms with E-state index in [-0.39, 0.29) is 16.8 Å². The van der Waals surface area contributed by atoms with E-state index in [1.54, 1.807) is 24.3 Å². The van der Waals surface area contributed by atoms with Crippen LogP contribution in [-0.2, 0) is 10.0 Å². The van der Waals surface area contributed by atoms with Crippen LogP contribution in [0.4, 0.5) is 5.69 Å². The third kappa shape index (κ3) is 5.21. The van der Waals surface area contributed by atoms with E-state index in [2.05, 4.69) is 10.0 Å². The van der Waals surface area contributed by atoms with Crippen LogP contribution in [-0.4, -0.2) is 20.4 Å². The number of halogens is 1. The third-order valence-corrected chi connectivity index (χ3v) is 5.49. The lowest BCUT2D eigenvalue weighted by atomic mass is 10.1. The van der Waals surface area contributed by atoms with Crippen molar-refractivity contribution in [2.24, 2.45) is 0 Å². The summed E-state index contributed by atoms with van der Waals surface area (Å²) in [7, 11) is -3.70. The van der Waals surface area contributed by atoms with Crippen LogP contribution in [0.3, 0.4) is 0 Å². The smallest absolute Gasteiger partial charge is 0.261 e. The predicted octanol–water partition coefficient (Wildman–Crippen LogP) is 4.06. The highest BCUT2D eigenvalue weighted by Crippen LogP contribution is 2.18. The molecule has 0 atom stereocenters. The Labute approximate surface area is 153 Å². The summed E-state index contributed by atoms with van der Waals surface area (Å²) < 4.78 is 27.1. The Hall–Kier alpha value is -2.05. The fourth-order valence-electron chi connectivity index (χ4n) is 2.28. The van der Waals surface area contributed by atoms with E-state index in [9.17, 15) is 13.2 Å². The molecule has 2 aromatic carbocycles. The molecule has 0 heterocycles. The first-order valence-corrected chi connectivity index (χ1v) is 9.91. The van der Waals surface area contributed by atoms with Crippen LogP contribution in [0.2, 0.25) is 5.02 Å². The number of nitrogens with one attached hydrogen (secondary N) is 2. The summed E-state index contributed by atoms with van der Waals surface area (Å²) in [5.74, 6) is -0.166. The molecule has 1 amide bonds. The second-order valence-electron chi connectivity index (χ2n) is 5.62. The van der Waals surface area contributed by atoms with Gasteiger partial charge in [-0.2, -0.15) is 0 Å². The van der Waals surface area contributed by atoms with Gasteiger partial charge in [0.15, 0.2) is 0 Å². The molecule has 0 aliphatic heterocycles. The molecule has 2 rings (SSSR count). The molecule has 2 aromatic rings. The summed E-state index contributed by atoms with van der Waals surface area (Å²) in [6.45, 7) is 4.03. The van der Waals surface area contributed by atoms with Crippen molar-refractivity contribution in [3.63, 3.8) is 0 Å². The van der Waals surface area contributed by atoms with E-state index >= 15 is 0 Å². The molecule has 0 fully saturated rings. The molecular formula is C18H21ClN2O3S.